The minimum absolute atomic E-state index is 0.236. The van der Waals surface area contributed by atoms with Crippen LogP contribution in [0.1, 0.15) is 43.4 Å². The molecule has 0 saturated heterocycles. The van der Waals surface area contributed by atoms with Crippen LogP contribution in [0.3, 0.4) is 0 Å². The van der Waals surface area contributed by atoms with Crippen LogP contribution in [0.25, 0.3) is 0 Å². The second kappa shape index (κ2) is 10.2. The molecule has 0 aliphatic heterocycles. The summed E-state index contributed by atoms with van der Waals surface area (Å²) in [7, 11) is 0. The van der Waals surface area contributed by atoms with Crippen LogP contribution in [0.2, 0.25) is 0 Å². The van der Waals surface area contributed by atoms with E-state index in [1.165, 1.54) is 6.07 Å². The van der Waals surface area contributed by atoms with Crippen molar-refractivity contribution in [3.8, 4) is 0 Å². The molecule has 1 atom stereocenters. The lowest BCUT2D eigenvalue weighted by atomic mass is 9.87. The molecule has 0 saturated carbocycles. The Morgan fingerprint density at radius 3 is 1.47 bits per heavy atom. The fourth-order valence-corrected chi connectivity index (χ4v) is 3.02. The van der Waals surface area contributed by atoms with Gasteiger partial charge in [0.15, 0.2) is 0 Å². The Hall–Kier alpha value is -2.01. The predicted octanol–water partition coefficient (Wildman–Crippen LogP) is 8.46. The Balaban J connectivity index is 3.47. The van der Waals surface area contributed by atoms with Gasteiger partial charge in [0.1, 0.15) is 0 Å². The number of aryl methyl sites for hydroxylation is 1. The van der Waals surface area contributed by atoms with Crippen molar-refractivity contribution >= 4 is 0 Å². The standard InChI is InChI=1S/C20H17F17O/c1-2-3-5-10-6-4-7-11(8-10)12(38)9-13(21,22)14(23,24)15(25,26)16(27,28)17(29,30)18(31,32)19(33,34)20(35,36)37/h4,6-8,12,38H,2-3,5,9H2,1H3. The summed E-state index contributed by atoms with van der Waals surface area (Å²) in [5.41, 5.74) is -0.381. The number of unbranched alkanes of at least 4 members (excludes halogenated alkanes) is 1. The zero-order valence-electron chi connectivity index (χ0n) is 18.6. The molecule has 0 heterocycles. The normalized spacial score (nSPS) is 16.1. The first-order valence-electron chi connectivity index (χ1n) is 10.2. The molecule has 0 bridgehead atoms. The van der Waals surface area contributed by atoms with E-state index >= 15 is 0 Å². The summed E-state index contributed by atoms with van der Waals surface area (Å²) in [4.78, 5) is 0. The summed E-state index contributed by atoms with van der Waals surface area (Å²) >= 11 is 0. The van der Waals surface area contributed by atoms with Gasteiger partial charge in [0.2, 0.25) is 0 Å². The van der Waals surface area contributed by atoms with Crippen LogP contribution in [-0.2, 0) is 6.42 Å². The lowest BCUT2D eigenvalue weighted by molar-refractivity contribution is -0.462. The largest absolute Gasteiger partial charge is 0.460 e. The van der Waals surface area contributed by atoms with Crippen molar-refractivity contribution < 1.29 is 79.7 Å². The van der Waals surface area contributed by atoms with Gasteiger partial charge in [-0.1, -0.05) is 37.6 Å². The molecule has 1 aromatic carbocycles. The highest BCUT2D eigenvalue weighted by molar-refractivity contribution is 5.26. The maximum absolute atomic E-state index is 14.1. The highest BCUT2D eigenvalue weighted by Gasteiger charge is 2.95. The van der Waals surface area contributed by atoms with Crippen molar-refractivity contribution in [1.82, 2.24) is 0 Å². The van der Waals surface area contributed by atoms with E-state index < -0.39 is 65.7 Å². The lowest BCUT2D eigenvalue weighted by Gasteiger charge is -2.43. The molecule has 1 N–H and O–H groups in total. The first kappa shape index (κ1) is 34.0. The van der Waals surface area contributed by atoms with E-state index in [9.17, 15) is 79.7 Å². The van der Waals surface area contributed by atoms with Gasteiger partial charge >= 0.3 is 47.6 Å². The topological polar surface area (TPSA) is 20.2 Å². The molecule has 0 aliphatic carbocycles. The first-order chi connectivity index (χ1) is 16.7. The molecular formula is C20H17F17O. The number of alkyl halides is 17. The van der Waals surface area contributed by atoms with E-state index in [-0.39, 0.29) is 6.42 Å². The molecule has 1 aromatic rings. The van der Waals surface area contributed by atoms with Crippen molar-refractivity contribution in [3.63, 3.8) is 0 Å². The van der Waals surface area contributed by atoms with Gasteiger partial charge in [-0.15, -0.1) is 0 Å². The smallest absolute Gasteiger partial charge is 0.388 e. The Morgan fingerprint density at radius 1 is 0.632 bits per heavy atom. The van der Waals surface area contributed by atoms with Gasteiger partial charge in [0.25, 0.3) is 0 Å². The Kier molecular flexibility index (Phi) is 9.12. The van der Waals surface area contributed by atoms with Crippen molar-refractivity contribution in [2.75, 3.05) is 0 Å². The third-order valence-corrected chi connectivity index (χ3v) is 5.39. The highest BCUT2D eigenvalue weighted by Crippen LogP contribution is 2.64. The van der Waals surface area contributed by atoms with Crippen molar-refractivity contribution in [1.29, 1.82) is 0 Å². The summed E-state index contributed by atoms with van der Waals surface area (Å²) in [5, 5.41) is 9.79. The molecule has 0 aromatic heterocycles. The second-order valence-corrected chi connectivity index (χ2v) is 8.22. The molecule has 18 heteroatoms. The zero-order valence-corrected chi connectivity index (χ0v) is 18.6. The van der Waals surface area contributed by atoms with Crippen LogP contribution in [0.4, 0.5) is 74.6 Å². The zero-order chi connectivity index (χ0) is 30.4. The van der Waals surface area contributed by atoms with Crippen molar-refractivity contribution in [2.45, 2.75) is 86.3 Å². The summed E-state index contributed by atoms with van der Waals surface area (Å²) < 4.78 is 227. The SMILES string of the molecule is CCCCc1cccc(C(O)CC(F)(F)C(F)(F)C(F)(F)C(F)(F)C(F)(F)C(F)(F)C(F)(F)C(F)(F)F)c1. The third-order valence-electron chi connectivity index (χ3n) is 5.39. The first-order valence-corrected chi connectivity index (χ1v) is 10.2. The molecule has 1 unspecified atom stereocenters. The summed E-state index contributed by atoms with van der Waals surface area (Å²) in [6, 6.07) is 4.13. The van der Waals surface area contributed by atoms with Gasteiger partial charge in [0, 0.05) is 6.42 Å². The lowest BCUT2D eigenvalue weighted by Crippen LogP contribution is -2.74. The second-order valence-electron chi connectivity index (χ2n) is 8.22. The fraction of sp³-hybridized carbons (Fsp3) is 0.700. The molecule has 0 radical (unpaired) electrons. The van der Waals surface area contributed by atoms with Crippen LogP contribution in [0.15, 0.2) is 24.3 Å². The van der Waals surface area contributed by atoms with Crippen LogP contribution in [0.5, 0.6) is 0 Å². The van der Waals surface area contributed by atoms with Crippen LogP contribution in [-0.4, -0.2) is 52.7 Å². The predicted molar refractivity (Wildman–Crippen MR) is 95.3 cm³/mol. The quantitative estimate of drug-likeness (QED) is 0.240. The number of benzene rings is 1. The van der Waals surface area contributed by atoms with Gasteiger partial charge < -0.3 is 5.11 Å². The van der Waals surface area contributed by atoms with Gasteiger partial charge in [-0.25, -0.2) is 0 Å². The van der Waals surface area contributed by atoms with E-state index in [4.69, 9.17) is 0 Å². The van der Waals surface area contributed by atoms with E-state index in [0.29, 0.717) is 18.4 Å². The third kappa shape index (κ3) is 5.24. The number of halogens is 17. The van der Waals surface area contributed by atoms with Crippen molar-refractivity contribution in [3.05, 3.63) is 35.4 Å². The Bertz CT molecular complexity index is 951. The molecule has 1 rings (SSSR count). The van der Waals surface area contributed by atoms with Crippen LogP contribution < -0.4 is 0 Å². The number of aliphatic hydroxyl groups excluding tert-OH is 1. The summed E-state index contributed by atoms with van der Waals surface area (Å²) in [5.74, 6) is -56.9. The maximum atomic E-state index is 14.1. The number of hydrogen-bond donors (Lipinski definition) is 1. The van der Waals surface area contributed by atoms with Crippen LogP contribution >= 0.6 is 0 Å². The fourth-order valence-electron chi connectivity index (χ4n) is 3.02. The minimum atomic E-state index is -8.67. The molecule has 1 nitrogen and oxygen atoms in total. The molecule has 0 spiro atoms. The molecule has 222 valence electrons. The van der Waals surface area contributed by atoms with Crippen LogP contribution in [0, 0.1) is 0 Å². The molecule has 0 aliphatic rings. The van der Waals surface area contributed by atoms with Gasteiger partial charge in [0.05, 0.1) is 6.10 Å². The van der Waals surface area contributed by atoms with Crippen molar-refractivity contribution in [2.24, 2.45) is 0 Å². The Morgan fingerprint density at radius 2 is 1.05 bits per heavy atom. The highest BCUT2D eigenvalue weighted by atomic mass is 19.4. The molecule has 0 amide bonds. The average Bonchev–Trinajstić information content (AvgIpc) is 2.75. The summed E-state index contributed by atoms with van der Waals surface area (Å²) in [6.45, 7) is 1.72. The Labute approximate surface area is 202 Å². The monoisotopic (exact) mass is 596 g/mol. The van der Waals surface area contributed by atoms with Gasteiger partial charge in [-0.05, 0) is 24.0 Å². The number of hydrogen-bond acceptors (Lipinski definition) is 1. The van der Waals surface area contributed by atoms with Gasteiger partial charge in [-0.3, -0.25) is 0 Å². The number of aliphatic hydroxyl groups is 1. The average molecular weight is 596 g/mol. The molecule has 38 heavy (non-hydrogen) atoms. The maximum Gasteiger partial charge on any atom is 0.460 e. The molecule has 0 fully saturated rings. The number of rotatable bonds is 12. The van der Waals surface area contributed by atoms with E-state index in [1.807, 2.05) is 0 Å². The van der Waals surface area contributed by atoms with E-state index in [1.54, 1.807) is 6.92 Å². The van der Waals surface area contributed by atoms with E-state index in [0.717, 1.165) is 18.2 Å². The minimum Gasteiger partial charge on any atom is -0.388 e. The van der Waals surface area contributed by atoms with Gasteiger partial charge in [-0.2, -0.15) is 74.6 Å². The summed E-state index contributed by atoms with van der Waals surface area (Å²) in [6.07, 6.45) is -12.3. The molecular weight excluding hydrogens is 579 g/mol. The van der Waals surface area contributed by atoms with E-state index in [2.05, 4.69) is 0 Å².